The Balaban J connectivity index is 1.74. The van der Waals surface area contributed by atoms with Crippen molar-refractivity contribution in [1.82, 2.24) is 0 Å². The predicted octanol–water partition coefficient (Wildman–Crippen LogP) is 3.73. The van der Waals surface area contributed by atoms with Gasteiger partial charge in [-0.1, -0.05) is 17.7 Å². The highest BCUT2D eigenvalue weighted by Crippen LogP contribution is 2.31. The Morgan fingerprint density at radius 2 is 2.14 bits per heavy atom. The lowest BCUT2D eigenvalue weighted by Gasteiger charge is -2.12. The third-order valence-corrected chi connectivity index (χ3v) is 3.60. The maximum absolute atomic E-state index is 13.7. The van der Waals surface area contributed by atoms with Crippen LogP contribution in [-0.4, -0.2) is 12.0 Å². The summed E-state index contributed by atoms with van der Waals surface area (Å²) in [5.41, 5.74) is 1.92. The quantitative estimate of drug-likeness (QED) is 0.918. The summed E-state index contributed by atoms with van der Waals surface area (Å²) in [6, 6.07) is 9.78. The molecule has 3 nitrogen and oxygen atoms in total. The van der Waals surface area contributed by atoms with Crippen LogP contribution in [0.2, 0.25) is 5.02 Å². The maximum Gasteiger partial charge on any atom is 0.265 e. The van der Waals surface area contributed by atoms with Gasteiger partial charge in [0.1, 0.15) is 11.6 Å². The number of benzene rings is 2. The van der Waals surface area contributed by atoms with E-state index in [4.69, 9.17) is 16.3 Å². The average molecular weight is 306 g/mol. The van der Waals surface area contributed by atoms with Gasteiger partial charge >= 0.3 is 0 Å². The fourth-order valence-corrected chi connectivity index (χ4v) is 2.51. The second kappa shape index (κ2) is 5.37. The molecule has 2 aromatic rings. The molecule has 1 amide bonds. The summed E-state index contributed by atoms with van der Waals surface area (Å²) in [4.78, 5) is 12.2. The lowest BCUT2D eigenvalue weighted by Crippen LogP contribution is -2.31. The molecule has 1 N–H and O–H groups in total. The largest absolute Gasteiger partial charge is 0.480 e. The Kier molecular flexibility index (Phi) is 3.55. The highest BCUT2D eigenvalue weighted by Gasteiger charge is 2.29. The highest BCUT2D eigenvalue weighted by atomic mass is 35.5. The fourth-order valence-electron chi connectivity index (χ4n) is 2.31. The zero-order valence-electron chi connectivity index (χ0n) is 11.3. The minimum atomic E-state index is -0.668. The molecule has 0 spiro atoms. The van der Waals surface area contributed by atoms with Crippen molar-refractivity contribution in [2.75, 3.05) is 5.32 Å². The third kappa shape index (κ3) is 2.85. The number of carbonyl (C=O) groups is 1. The number of anilines is 1. The Bertz CT molecular complexity index is 717. The van der Waals surface area contributed by atoms with Gasteiger partial charge in [-0.25, -0.2) is 4.39 Å². The van der Waals surface area contributed by atoms with Gasteiger partial charge < -0.3 is 10.1 Å². The maximum atomic E-state index is 13.7. The second-order valence-electron chi connectivity index (χ2n) is 5.04. The first-order valence-corrected chi connectivity index (χ1v) is 6.93. The van der Waals surface area contributed by atoms with E-state index in [1.165, 1.54) is 6.07 Å². The highest BCUT2D eigenvalue weighted by molar-refractivity contribution is 6.30. The molecule has 0 bridgehead atoms. The molecule has 0 fully saturated rings. The van der Waals surface area contributed by atoms with Crippen LogP contribution < -0.4 is 10.1 Å². The van der Waals surface area contributed by atoms with Crippen LogP contribution in [0.25, 0.3) is 0 Å². The van der Waals surface area contributed by atoms with Crippen molar-refractivity contribution in [3.8, 4) is 5.75 Å². The van der Waals surface area contributed by atoms with Crippen LogP contribution in [0.15, 0.2) is 36.4 Å². The molecule has 1 atom stereocenters. The number of aryl methyl sites for hydroxylation is 1. The summed E-state index contributed by atoms with van der Waals surface area (Å²) >= 11 is 5.91. The van der Waals surface area contributed by atoms with Gasteiger partial charge in [0.25, 0.3) is 5.91 Å². The number of nitrogens with one attached hydrogen (secondary N) is 1. The molecule has 0 aromatic heterocycles. The summed E-state index contributed by atoms with van der Waals surface area (Å²) in [5, 5.41) is 3.17. The number of hydrogen-bond acceptors (Lipinski definition) is 2. The molecule has 0 unspecified atom stereocenters. The predicted molar refractivity (Wildman–Crippen MR) is 79.3 cm³/mol. The monoisotopic (exact) mass is 305 g/mol. The number of rotatable bonds is 2. The first-order chi connectivity index (χ1) is 10.0. The van der Waals surface area contributed by atoms with E-state index in [1.54, 1.807) is 30.3 Å². The van der Waals surface area contributed by atoms with Crippen molar-refractivity contribution in [2.45, 2.75) is 19.4 Å². The zero-order chi connectivity index (χ0) is 15.0. The standard InChI is InChI=1S/C16H13ClFNO2/c1-9-2-4-12(18)13(6-9)19-16(20)15-8-10-7-11(17)3-5-14(10)21-15/h2-7,15H,8H2,1H3,(H,19,20)/t15-/m1/s1. The van der Waals surface area contributed by atoms with Crippen LogP contribution in [0.3, 0.4) is 0 Å². The first-order valence-electron chi connectivity index (χ1n) is 6.55. The van der Waals surface area contributed by atoms with E-state index in [2.05, 4.69) is 5.32 Å². The molecular weight excluding hydrogens is 293 g/mol. The topological polar surface area (TPSA) is 38.3 Å². The molecule has 3 rings (SSSR count). The smallest absolute Gasteiger partial charge is 0.265 e. The number of carbonyl (C=O) groups excluding carboxylic acids is 1. The molecule has 1 aliphatic heterocycles. The van der Waals surface area contributed by atoms with Crippen molar-refractivity contribution in [2.24, 2.45) is 0 Å². The summed E-state index contributed by atoms with van der Waals surface area (Å²) in [6.45, 7) is 1.83. The van der Waals surface area contributed by atoms with Gasteiger partial charge in [-0.15, -0.1) is 0 Å². The lowest BCUT2D eigenvalue weighted by atomic mass is 10.1. The number of fused-ring (bicyclic) bond motifs is 1. The van der Waals surface area contributed by atoms with E-state index < -0.39 is 11.9 Å². The Morgan fingerprint density at radius 1 is 1.33 bits per heavy atom. The number of ether oxygens (including phenoxy) is 1. The van der Waals surface area contributed by atoms with Crippen LogP contribution in [-0.2, 0) is 11.2 Å². The average Bonchev–Trinajstić information content (AvgIpc) is 2.86. The van der Waals surface area contributed by atoms with Gasteiger partial charge in [-0.3, -0.25) is 4.79 Å². The van der Waals surface area contributed by atoms with Gasteiger partial charge in [-0.2, -0.15) is 0 Å². The molecule has 0 aliphatic carbocycles. The molecular formula is C16H13ClFNO2. The Labute approximate surface area is 126 Å². The van der Waals surface area contributed by atoms with Crippen molar-refractivity contribution >= 4 is 23.2 Å². The van der Waals surface area contributed by atoms with E-state index >= 15 is 0 Å². The molecule has 108 valence electrons. The van der Waals surface area contributed by atoms with E-state index in [1.807, 2.05) is 6.92 Å². The van der Waals surface area contributed by atoms with E-state index in [9.17, 15) is 9.18 Å². The molecule has 2 aromatic carbocycles. The normalized spacial score (nSPS) is 16.2. The summed E-state index contributed by atoms with van der Waals surface area (Å²) < 4.78 is 19.2. The van der Waals surface area contributed by atoms with Crippen molar-refractivity contribution in [3.05, 3.63) is 58.4 Å². The minimum absolute atomic E-state index is 0.164. The summed E-state index contributed by atoms with van der Waals surface area (Å²) in [5.74, 6) is -0.191. The Morgan fingerprint density at radius 3 is 2.95 bits per heavy atom. The molecule has 0 saturated heterocycles. The van der Waals surface area contributed by atoms with Gasteiger partial charge in [0.2, 0.25) is 0 Å². The lowest BCUT2D eigenvalue weighted by molar-refractivity contribution is -0.122. The van der Waals surface area contributed by atoms with Crippen LogP contribution in [0, 0.1) is 12.7 Å². The van der Waals surface area contributed by atoms with Gasteiger partial charge in [0, 0.05) is 11.4 Å². The van der Waals surface area contributed by atoms with Crippen LogP contribution in [0.1, 0.15) is 11.1 Å². The van der Waals surface area contributed by atoms with E-state index in [0.29, 0.717) is 17.2 Å². The zero-order valence-corrected chi connectivity index (χ0v) is 12.1. The molecule has 1 heterocycles. The van der Waals surface area contributed by atoms with Crippen molar-refractivity contribution < 1.29 is 13.9 Å². The van der Waals surface area contributed by atoms with E-state index in [-0.39, 0.29) is 11.6 Å². The SMILES string of the molecule is Cc1ccc(F)c(NC(=O)[C@H]2Cc3cc(Cl)ccc3O2)c1. The third-order valence-electron chi connectivity index (χ3n) is 3.37. The molecule has 1 aliphatic rings. The molecule has 0 radical (unpaired) electrons. The molecule has 0 saturated carbocycles. The Hall–Kier alpha value is -2.07. The second-order valence-corrected chi connectivity index (χ2v) is 5.47. The molecule has 5 heteroatoms. The first kappa shape index (κ1) is 13.9. The summed E-state index contributed by atoms with van der Waals surface area (Å²) in [7, 11) is 0. The number of amides is 1. The molecule has 21 heavy (non-hydrogen) atoms. The van der Waals surface area contributed by atoms with Crippen LogP contribution in [0.5, 0.6) is 5.75 Å². The summed E-state index contributed by atoms with van der Waals surface area (Å²) in [6.07, 6.45) is -0.242. The van der Waals surface area contributed by atoms with Crippen molar-refractivity contribution in [3.63, 3.8) is 0 Å². The van der Waals surface area contributed by atoms with Gasteiger partial charge in [0.05, 0.1) is 5.69 Å². The van der Waals surface area contributed by atoms with Crippen molar-refractivity contribution in [1.29, 1.82) is 0 Å². The number of halogens is 2. The minimum Gasteiger partial charge on any atom is -0.480 e. The van der Waals surface area contributed by atoms with Gasteiger partial charge in [-0.05, 0) is 48.4 Å². The number of hydrogen-bond donors (Lipinski definition) is 1. The van der Waals surface area contributed by atoms with Crippen LogP contribution >= 0.6 is 11.6 Å². The fraction of sp³-hybridized carbons (Fsp3) is 0.188. The van der Waals surface area contributed by atoms with Crippen LogP contribution in [0.4, 0.5) is 10.1 Å². The van der Waals surface area contributed by atoms with E-state index in [0.717, 1.165) is 11.1 Å². The van der Waals surface area contributed by atoms with Gasteiger partial charge in [0.15, 0.2) is 6.10 Å².